The molecule has 0 heterocycles. The summed E-state index contributed by atoms with van der Waals surface area (Å²) in [6.07, 6.45) is 10.1. The van der Waals surface area contributed by atoms with Gasteiger partial charge in [-0.3, -0.25) is 4.79 Å². The van der Waals surface area contributed by atoms with Crippen molar-refractivity contribution >= 4 is 28.9 Å². The number of hydrogen-bond donors (Lipinski definition) is 1. The van der Waals surface area contributed by atoms with Crippen LogP contribution < -0.4 is 14.9 Å². The van der Waals surface area contributed by atoms with Crippen LogP contribution in [-0.4, -0.2) is 25.2 Å². The minimum atomic E-state index is -0.486. The maximum atomic E-state index is 12.7. The molecule has 35 heavy (non-hydrogen) atoms. The van der Waals surface area contributed by atoms with Crippen LogP contribution in [0.1, 0.15) is 74.2 Å². The number of amides is 1. The summed E-state index contributed by atoms with van der Waals surface area (Å²) in [5.41, 5.74) is 3.64. The van der Waals surface area contributed by atoms with Crippen molar-refractivity contribution in [3.05, 3.63) is 71.8 Å². The van der Waals surface area contributed by atoms with Gasteiger partial charge >= 0.3 is 5.97 Å². The second-order valence-electron chi connectivity index (χ2n) is 8.48. The summed E-state index contributed by atoms with van der Waals surface area (Å²) < 4.78 is 10.9. The predicted molar refractivity (Wildman–Crippen MR) is 140 cm³/mol. The van der Waals surface area contributed by atoms with E-state index in [1.807, 2.05) is 30.3 Å². The number of nitrogens with one attached hydrogen (secondary N) is 1. The minimum Gasteiger partial charge on any atom is -0.497 e. The van der Waals surface area contributed by atoms with Crippen LogP contribution in [0.15, 0.2) is 65.8 Å². The molecule has 0 aromatic heterocycles. The van der Waals surface area contributed by atoms with Crippen LogP contribution in [0.25, 0.3) is 10.8 Å². The summed E-state index contributed by atoms with van der Waals surface area (Å²) in [5, 5.41) is 6.01. The van der Waals surface area contributed by atoms with Gasteiger partial charge in [0.1, 0.15) is 11.5 Å². The maximum absolute atomic E-state index is 12.7. The quantitative estimate of drug-likeness (QED) is 0.0988. The lowest BCUT2D eigenvalue weighted by molar-refractivity contribution is -0.121. The average molecular weight is 475 g/mol. The van der Waals surface area contributed by atoms with E-state index < -0.39 is 5.97 Å². The molecule has 0 aliphatic heterocycles. The SMILES string of the molecule is CCCCCCCCCC(=O)N/N=C/c1c(OC(=O)c2ccc(OC)cc2)ccc2ccccc12. The Morgan fingerprint density at radius 3 is 2.34 bits per heavy atom. The molecule has 0 atom stereocenters. The molecular weight excluding hydrogens is 440 g/mol. The van der Waals surface area contributed by atoms with Crippen LogP contribution in [0.5, 0.6) is 11.5 Å². The molecule has 184 valence electrons. The third-order valence-corrected chi connectivity index (χ3v) is 5.85. The molecule has 0 radical (unpaired) electrons. The first-order valence-corrected chi connectivity index (χ1v) is 12.3. The molecule has 0 saturated carbocycles. The van der Waals surface area contributed by atoms with E-state index in [-0.39, 0.29) is 5.91 Å². The number of nitrogens with zero attached hydrogens (tertiary/aromatic N) is 1. The molecule has 3 aromatic rings. The molecule has 6 heteroatoms. The Bertz CT molecular complexity index is 1140. The zero-order valence-corrected chi connectivity index (χ0v) is 20.6. The molecule has 0 unspecified atom stereocenters. The van der Waals surface area contributed by atoms with Crippen molar-refractivity contribution < 1.29 is 19.1 Å². The third kappa shape index (κ3) is 7.95. The molecule has 0 aliphatic carbocycles. The average Bonchev–Trinajstić information content (AvgIpc) is 2.89. The van der Waals surface area contributed by atoms with Crippen molar-refractivity contribution in [2.75, 3.05) is 7.11 Å². The van der Waals surface area contributed by atoms with E-state index in [4.69, 9.17) is 9.47 Å². The summed E-state index contributed by atoms with van der Waals surface area (Å²) in [7, 11) is 1.57. The minimum absolute atomic E-state index is 0.119. The molecule has 0 spiro atoms. The van der Waals surface area contributed by atoms with Crippen molar-refractivity contribution in [1.82, 2.24) is 5.43 Å². The lowest BCUT2D eigenvalue weighted by Crippen LogP contribution is -2.17. The van der Waals surface area contributed by atoms with Crippen molar-refractivity contribution in [2.24, 2.45) is 5.10 Å². The van der Waals surface area contributed by atoms with Crippen molar-refractivity contribution in [3.63, 3.8) is 0 Å². The first-order valence-electron chi connectivity index (χ1n) is 12.3. The molecule has 1 amide bonds. The molecule has 0 bridgehead atoms. The number of rotatable bonds is 13. The van der Waals surface area contributed by atoms with Crippen LogP contribution >= 0.6 is 0 Å². The van der Waals surface area contributed by atoms with Gasteiger partial charge in [0.05, 0.1) is 18.9 Å². The Labute approximate surface area is 207 Å². The van der Waals surface area contributed by atoms with E-state index in [0.717, 1.165) is 30.0 Å². The number of hydrazone groups is 1. The largest absolute Gasteiger partial charge is 0.497 e. The second kappa shape index (κ2) is 13.9. The van der Waals surface area contributed by atoms with Gasteiger partial charge in [-0.1, -0.05) is 75.8 Å². The maximum Gasteiger partial charge on any atom is 0.343 e. The van der Waals surface area contributed by atoms with Crippen LogP contribution in [0.2, 0.25) is 0 Å². The Kier molecular flexibility index (Phi) is 10.3. The molecule has 1 N–H and O–H groups in total. The zero-order valence-electron chi connectivity index (χ0n) is 20.6. The highest BCUT2D eigenvalue weighted by Gasteiger charge is 2.14. The summed E-state index contributed by atoms with van der Waals surface area (Å²) in [6, 6.07) is 18.1. The summed E-state index contributed by atoms with van der Waals surface area (Å²) in [5.74, 6) is 0.425. The summed E-state index contributed by atoms with van der Waals surface area (Å²) in [6.45, 7) is 2.21. The van der Waals surface area contributed by atoms with Crippen LogP contribution in [0.3, 0.4) is 0 Å². The van der Waals surface area contributed by atoms with Gasteiger partial charge in [-0.15, -0.1) is 0 Å². The lowest BCUT2D eigenvalue weighted by Gasteiger charge is -2.11. The smallest absolute Gasteiger partial charge is 0.343 e. The van der Waals surface area contributed by atoms with Crippen molar-refractivity contribution in [2.45, 2.75) is 58.3 Å². The molecule has 3 aromatic carbocycles. The van der Waals surface area contributed by atoms with E-state index in [1.165, 1.54) is 25.7 Å². The predicted octanol–water partition coefficient (Wildman–Crippen LogP) is 6.66. The monoisotopic (exact) mass is 474 g/mol. The lowest BCUT2D eigenvalue weighted by atomic mass is 10.0. The Balaban J connectivity index is 1.65. The molecule has 0 fully saturated rings. The first kappa shape index (κ1) is 25.9. The highest BCUT2D eigenvalue weighted by molar-refractivity contribution is 6.04. The van der Waals surface area contributed by atoms with Crippen LogP contribution in [-0.2, 0) is 4.79 Å². The third-order valence-electron chi connectivity index (χ3n) is 5.85. The Morgan fingerprint density at radius 1 is 0.886 bits per heavy atom. The van der Waals surface area contributed by atoms with E-state index in [0.29, 0.717) is 29.0 Å². The van der Waals surface area contributed by atoms with Gasteiger partial charge < -0.3 is 9.47 Å². The number of ether oxygens (including phenoxy) is 2. The molecule has 0 aliphatic rings. The van der Waals surface area contributed by atoms with E-state index in [9.17, 15) is 9.59 Å². The summed E-state index contributed by atoms with van der Waals surface area (Å²) >= 11 is 0. The first-order chi connectivity index (χ1) is 17.1. The Hall–Kier alpha value is -3.67. The Morgan fingerprint density at radius 2 is 1.60 bits per heavy atom. The fourth-order valence-corrected chi connectivity index (χ4v) is 3.85. The van der Waals surface area contributed by atoms with Crippen LogP contribution in [0, 0.1) is 0 Å². The number of carbonyl (C=O) groups excluding carboxylic acids is 2. The second-order valence-corrected chi connectivity index (χ2v) is 8.48. The number of benzene rings is 3. The number of hydrogen-bond acceptors (Lipinski definition) is 5. The summed E-state index contributed by atoms with van der Waals surface area (Å²) in [4.78, 5) is 24.9. The van der Waals surface area contributed by atoms with E-state index in [1.54, 1.807) is 43.7 Å². The van der Waals surface area contributed by atoms with Gasteiger partial charge in [-0.2, -0.15) is 5.10 Å². The number of esters is 1. The highest BCUT2D eigenvalue weighted by atomic mass is 16.5. The zero-order chi connectivity index (χ0) is 24.9. The normalized spacial score (nSPS) is 11.0. The molecule has 3 rings (SSSR count). The van der Waals surface area contributed by atoms with Gasteiger partial charge in [-0.05, 0) is 47.5 Å². The van der Waals surface area contributed by atoms with Crippen molar-refractivity contribution in [1.29, 1.82) is 0 Å². The van der Waals surface area contributed by atoms with Gasteiger partial charge in [0.15, 0.2) is 0 Å². The number of carbonyl (C=O) groups is 2. The van der Waals surface area contributed by atoms with E-state index in [2.05, 4.69) is 17.5 Å². The topological polar surface area (TPSA) is 77.0 Å². The standard InChI is InChI=1S/C29H34N2O4/c1-3-4-5-6-7-8-9-14-28(32)31-30-21-26-25-13-11-10-12-22(25)17-20-27(26)35-29(33)23-15-18-24(34-2)19-16-23/h10-13,15-21H,3-9,14H2,1-2H3,(H,31,32)/b30-21+. The number of fused-ring (bicyclic) bond motifs is 1. The van der Waals surface area contributed by atoms with Gasteiger partial charge in [0.25, 0.3) is 0 Å². The fourth-order valence-electron chi connectivity index (χ4n) is 3.85. The molecular formula is C29H34N2O4. The van der Waals surface area contributed by atoms with Gasteiger partial charge in [0.2, 0.25) is 5.91 Å². The van der Waals surface area contributed by atoms with Crippen molar-refractivity contribution in [3.8, 4) is 11.5 Å². The molecule has 6 nitrogen and oxygen atoms in total. The van der Waals surface area contributed by atoms with Gasteiger partial charge in [0, 0.05) is 12.0 Å². The fraction of sp³-hybridized carbons (Fsp3) is 0.345. The van der Waals surface area contributed by atoms with Crippen LogP contribution in [0.4, 0.5) is 0 Å². The highest BCUT2D eigenvalue weighted by Crippen LogP contribution is 2.27. The number of methoxy groups -OCH3 is 1. The number of unbranched alkanes of at least 4 members (excludes halogenated alkanes) is 6. The molecule has 0 saturated heterocycles. The van der Waals surface area contributed by atoms with Gasteiger partial charge in [-0.25, -0.2) is 10.2 Å². The van der Waals surface area contributed by atoms with E-state index >= 15 is 0 Å².